The van der Waals surface area contributed by atoms with E-state index in [9.17, 15) is 9.90 Å². The van der Waals surface area contributed by atoms with E-state index in [2.05, 4.69) is 5.32 Å². The summed E-state index contributed by atoms with van der Waals surface area (Å²) >= 11 is 5.85. The highest BCUT2D eigenvalue weighted by molar-refractivity contribution is 6.30. The minimum absolute atomic E-state index is 0.0891. The molecule has 2 rings (SSSR count). The number of hydrogen-bond acceptors (Lipinski definition) is 3. The Kier molecular flexibility index (Phi) is 4.48. The molecule has 0 aromatic heterocycles. The highest BCUT2D eigenvalue weighted by atomic mass is 35.5. The number of anilines is 1. The molecule has 0 saturated heterocycles. The van der Waals surface area contributed by atoms with Crippen LogP contribution in [-0.2, 0) is 4.79 Å². The van der Waals surface area contributed by atoms with Crippen LogP contribution in [0.1, 0.15) is 6.92 Å². The fourth-order valence-electron chi connectivity index (χ4n) is 1.63. The van der Waals surface area contributed by atoms with Crippen LogP contribution in [0.25, 0.3) is 0 Å². The summed E-state index contributed by atoms with van der Waals surface area (Å²) in [6, 6.07) is 13.2. The molecule has 2 N–H and O–H groups in total. The molecule has 1 amide bonds. The third-order valence-electron chi connectivity index (χ3n) is 2.59. The van der Waals surface area contributed by atoms with E-state index in [-0.39, 0.29) is 11.7 Å². The van der Waals surface area contributed by atoms with E-state index in [0.29, 0.717) is 16.5 Å². The van der Waals surface area contributed by atoms with Crippen LogP contribution in [0.5, 0.6) is 11.5 Å². The van der Waals surface area contributed by atoms with Crippen LogP contribution in [0.3, 0.4) is 0 Å². The maximum absolute atomic E-state index is 12.0. The molecule has 0 aliphatic heterocycles. The number of phenols is 1. The smallest absolute Gasteiger partial charge is 0.265 e. The van der Waals surface area contributed by atoms with Gasteiger partial charge in [-0.1, -0.05) is 23.7 Å². The van der Waals surface area contributed by atoms with Crippen LogP contribution in [-0.4, -0.2) is 17.1 Å². The van der Waals surface area contributed by atoms with Crippen molar-refractivity contribution in [1.82, 2.24) is 0 Å². The van der Waals surface area contributed by atoms with E-state index in [1.54, 1.807) is 43.3 Å². The van der Waals surface area contributed by atoms with E-state index < -0.39 is 6.10 Å². The zero-order chi connectivity index (χ0) is 14.5. The van der Waals surface area contributed by atoms with E-state index in [1.165, 1.54) is 12.1 Å². The molecule has 0 bridgehead atoms. The molecule has 1 atom stereocenters. The molecule has 0 spiro atoms. The van der Waals surface area contributed by atoms with Crippen molar-refractivity contribution in [1.29, 1.82) is 0 Å². The first-order valence-electron chi connectivity index (χ1n) is 6.07. The van der Waals surface area contributed by atoms with Gasteiger partial charge in [0.1, 0.15) is 11.5 Å². The lowest BCUT2D eigenvalue weighted by molar-refractivity contribution is -0.122. The Hall–Kier alpha value is -2.20. The van der Waals surface area contributed by atoms with Gasteiger partial charge >= 0.3 is 0 Å². The van der Waals surface area contributed by atoms with Crippen molar-refractivity contribution in [3.8, 4) is 11.5 Å². The summed E-state index contributed by atoms with van der Waals surface area (Å²) < 4.78 is 5.50. The van der Waals surface area contributed by atoms with Gasteiger partial charge in [0.25, 0.3) is 5.91 Å². The fourth-order valence-corrected chi connectivity index (χ4v) is 1.81. The molecule has 104 valence electrons. The van der Waals surface area contributed by atoms with Crippen molar-refractivity contribution >= 4 is 23.2 Å². The molecule has 0 fully saturated rings. The molecule has 4 nitrogen and oxygen atoms in total. The highest BCUT2D eigenvalue weighted by Gasteiger charge is 2.15. The zero-order valence-corrected chi connectivity index (χ0v) is 11.6. The van der Waals surface area contributed by atoms with Gasteiger partial charge in [-0.3, -0.25) is 4.79 Å². The lowest BCUT2D eigenvalue weighted by Gasteiger charge is -2.15. The van der Waals surface area contributed by atoms with E-state index in [4.69, 9.17) is 16.3 Å². The van der Waals surface area contributed by atoms with Gasteiger partial charge in [0.2, 0.25) is 0 Å². The largest absolute Gasteiger partial charge is 0.508 e. The predicted molar refractivity (Wildman–Crippen MR) is 78.3 cm³/mol. The third-order valence-corrected chi connectivity index (χ3v) is 2.83. The first kappa shape index (κ1) is 14.2. The Balaban J connectivity index is 1.98. The molecule has 20 heavy (non-hydrogen) atoms. The normalized spacial score (nSPS) is 11.7. The maximum Gasteiger partial charge on any atom is 0.265 e. The van der Waals surface area contributed by atoms with Crippen LogP contribution in [0.2, 0.25) is 5.02 Å². The van der Waals surface area contributed by atoms with Gasteiger partial charge in [-0.2, -0.15) is 0 Å². The molecule has 0 saturated carbocycles. The standard InChI is InChI=1S/C15H14ClNO3/c1-10(20-14-7-2-4-11(16)8-14)15(19)17-12-5-3-6-13(18)9-12/h2-10,18H,1H3,(H,17,19)/t10-/m1/s1. The Labute approximate surface area is 122 Å². The number of phenolic OH excluding ortho intramolecular Hbond substituents is 1. The van der Waals surface area contributed by atoms with Crippen LogP contribution >= 0.6 is 11.6 Å². The van der Waals surface area contributed by atoms with Crippen molar-refractivity contribution in [2.24, 2.45) is 0 Å². The van der Waals surface area contributed by atoms with Gasteiger partial charge in [-0.15, -0.1) is 0 Å². The van der Waals surface area contributed by atoms with Crippen molar-refractivity contribution in [3.63, 3.8) is 0 Å². The summed E-state index contributed by atoms with van der Waals surface area (Å²) in [5, 5.41) is 12.5. The predicted octanol–water partition coefficient (Wildman–Crippen LogP) is 3.45. The van der Waals surface area contributed by atoms with Crippen LogP contribution in [0, 0.1) is 0 Å². The minimum Gasteiger partial charge on any atom is -0.508 e. The highest BCUT2D eigenvalue weighted by Crippen LogP contribution is 2.19. The quantitative estimate of drug-likeness (QED) is 0.907. The van der Waals surface area contributed by atoms with Crippen LogP contribution in [0.15, 0.2) is 48.5 Å². The Morgan fingerprint density at radius 3 is 2.70 bits per heavy atom. The molecule has 2 aromatic carbocycles. The zero-order valence-electron chi connectivity index (χ0n) is 10.8. The second kappa shape index (κ2) is 6.30. The first-order valence-corrected chi connectivity index (χ1v) is 6.44. The molecular formula is C15H14ClNO3. The molecular weight excluding hydrogens is 278 g/mol. The minimum atomic E-state index is -0.684. The van der Waals surface area contributed by atoms with Crippen molar-refractivity contribution in [2.45, 2.75) is 13.0 Å². The summed E-state index contributed by atoms with van der Waals surface area (Å²) in [7, 11) is 0. The van der Waals surface area contributed by atoms with Crippen molar-refractivity contribution < 1.29 is 14.6 Å². The third kappa shape index (κ3) is 3.90. The summed E-state index contributed by atoms with van der Waals surface area (Å²) in [5.41, 5.74) is 0.511. The molecule has 0 unspecified atom stereocenters. The molecule has 0 heterocycles. The monoisotopic (exact) mass is 291 g/mol. The second-order valence-corrected chi connectivity index (χ2v) is 4.69. The van der Waals surface area contributed by atoms with Gasteiger partial charge in [-0.25, -0.2) is 0 Å². The number of nitrogens with one attached hydrogen (secondary N) is 1. The van der Waals surface area contributed by atoms with Gasteiger partial charge in [0, 0.05) is 16.8 Å². The Bertz CT molecular complexity index is 616. The first-order chi connectivity index (χ1) is 9.54. The molecule has 5 heteroatoms. The summed E-state index contributed by atoms with van der Waals surface area (Å²) in [5.74, 6) is 0.304. The topological polar surface area (TPSA) is 58.6 Å². The van der Waals surface area contributed by atoms with Crippen molar-refractivity contribution in [3.05, 3.63) is 53.6 Å². The number of hydrogen-bond donors (Lipinski definition) is 2. The summed E-state index contributed by atoms with van der Waals surface area (Å²) in [6.45, 7) is 1.64. The van der Waals surface area contributed by atoms with Gasteiger partial charge in [-0.05, 0) is 37.3 Å². The molecule has 2 aromatic rings. The van der Waals surface area contributed by atoms with Gasteiger partial charge in [0.15, 0.2) is 6.10 Å². The molecule has 0 aliphatic rings. The van der Waals surface area contributed by atoms with Crippen molar-refractivity contribution in [2.75, 3.05) is 5.32 Å². The van der Waals surface area contributed by atoms with E-state index >= 15 is 0 Å². The Morgan fingerprint density at radius 2 is 2.00 bits per heavy atom. The summed E-state index contributed by atoms with van der Waals surface area (Å²) in [6.07, 6.45) is -0.684. The second-order valence-electron chi connectivity index (χ2n) is 4.26. The van der Waals surface area contributed by atoms with E-state index in [1.807, 2.05) is 0 Å². The average molecular weight is 292 g/mol. The number of amides is 1. The maximum atomic E-state index is 12.0. The van der Waals surface area contributed by atoms with Gasteiger partial charge < -0.3 is 15.2 Å². The SMILES string of the molecule is C[C@@H](Oc1cccc(Cl)c1)C(=O)Nc1cccc(O)c1. The number of ether oxygens (including phenoxy) is 1. The average Bonchev–Trinajstić information content (AvgIpc) is 2.38. The molecule has 0 radical (unpaired) electrons. The number of aromatic hydroxyl groups is 1. The lowest BCUT2D eigenvalue weighted by Crippen LogP contribution is -2.30. The van der Waals surface area contributed by atoms with Gasteiger partial charge in [0.05, 0.1) is 0 Å². The number of benzene rings is 2. The molecule has 0 aliphatic carbocycles. The lowest BCUT2D eigenvalue weighted by atomic mass is 10.2. The fraction of sp³-hybridized carbons (Fsp3) is 0.133. The Morgan fingerprint density at radius 1 is 1.25 bits per heavy atom. The number of carbonyl (C=O) groups excluding carboxylic acids is 1. The number of carbonyl (C=O) groups is 1. The number of rotatable bonds is 4. The van der Waals surface area contributed by atoms with E-state index in [0.717, 1.165) is 0 Å². The number of halogens is 1. The van der Waals surface area contributed by atoms with Crippen LogP contribution in [0.4, 0.5) is 5.69 Å². The summed E-state index contributed by atoms with van der Waals surface area (Å²) in [4.78, 5) is 12.0. The van der Waals surface area contributed by atoms with Crippen LogP contribution < -0.4 is 10.1 Å².